The smallest absolute Gasteiger partial charge is 0.325 e. The number of carbonyl (C=O) groups is 3. The number of urea groups is 1. The molecule has 1 saturated carbocycles. The molecule has 1 saturated heterocycles. The van der Waals surface area contributed by atoms with Crippen LogP contribution in [0.2, 0.25) is 0 Å². The Balaban J connectivity index is 1.47. The number of fused-ring (bicyclic) bond motifs is 1. The van der Waals surface area contributed by atoms with Gasteiger partial charge in [-0.25, -0.2) is 9.78 Å². The molecule has 4 rings (SSSR count). The van der Waals surface area contributed by atoms with Crippen molar-refractivity contribution in [2.45, 2.75) is 44.2 Å². The molecule has 1 spiro atoms. The van der Waals surface area contributed by atoms with Gasteiger partial charge in [-0.1, -0.05) is 25.0 Å². The minimum Gasteiger partial charge on any atom is -0.335 e. The van der Waals surface area contributed by atoms with Crippen molar-refractivity contribution in [3.63, 3.8) is 0 Å². The highest BCUT2D eigenvalue weighted by Crippen LogP contribution is 2.35. The molecule has 2 fully saturated rings. The van der Waals surface area contributed by atoms with Gasteiger partial charge in [-0.05, 0) is 31.9 Å². The van der Waals surface area contributed by atoms with Crippen molar-refractivity contribution >= 4 is 39.4 Å². The van der Waals surface area contributed by atoms with E-state index in [9.17, 15) is 14.4 Å². The Morgan fingerprint density at radius 3 is 2.74 bits per heavy atom. The molecule has 2 aliphatic rings. The SMILES string of the molecule is C[C@@H](c1nc2ccccc2s1)N(C)C(=O)CN1C(=O)NC2(CCCC2)C1=O. The summed E-state index contributed by atoms with van der Waals surface area (Å²) < 4.78 is 1.07. The second-order valence-electron chi connectivity index (χ2n) is 7.31. The van der Waals surface area contributed by atoms with Crippen molar-refractivity contribution in [1.29, 1.82) is 0 Å². The second kappa shape index (κ2) is 6.60. The lowest BCUT2D eigenvalue weighted by Gasteiger charge is -2.25. The average Bonchev–Trinajstić information content (AvgIpc) is 3.35. The van der Waals surface area contributed by atoms with E-state index in [1.54, 1.807) is 23.3 Å². The van der Waals surface area contributed by atoms with Crippen LogP contribution in [0.5, 0.6) is 0 Å². The van der Waals surface area contributed by atoms with Gasteiger partial charge in [-0.2, -0.15) is 0 Å². The first-order chi connectivity index (χ1) is 12.9. The van der Waals surface area contributed by atoms with E-state index in [1.807, 2.05) is 31.2 Å². The van der Waals surface area contributed by atoms with Crippen molar-refractivity contribution < 1.29 is 14.4 Å². The van der Waals surface area contributed by atoms with Gasteiger partial charge < -0.3 is 10.2 Å². The van der Waals surface area contributed by atoms with Crippen LogP contribution in [-0.4, -0.2) is 51.8 Å². The number of likely N-dealkylation sites (N-methyl/N-ethyl adjacent to an activating group) is 1. The molecule has 8 heteroatoms. The molecule has 4 amide bonds. The molecule has 1 aliphatic heterocycles. The van der Waals surface area contributed by atoms with Crippen LogP contribution in [0.1, 0.15) is 43.7 Å². The number of nitrogens with one attached hydrogen (secondary N) is 1. The minimum absolute atomic E-state index is 0.238. The number of para-hydroxylation sites is 1. The molecule has 1 aromatic carbocycles. The molecule has 2 aromatic rings. The van der Waals surface area contributed by atoms with Crippen LogP contribution in [0.15, 0.2) is 24.3 Å². The summed E-state index contributed by atoms with van der Waals surface area (Å²) in [4.78, 5) is 45.0. The Morgan fingerprint density at radius 2 is 2.04 bits per heavy atom. The van der Waals surface area contributed by atoms with E-state index in [-0.39, 0.29) is 24.4 Å². The van der Waals surface area contributed by atoms with Crippen LogP contribution in [-0.2, 0) is 9.59 Å². The van der Waals surface area contributed by atoms with Crippen LogP contribution in [0.4, 0.5) is 4.79 Å². The molecule has 0 bridgehead atoms. The zero-order valence-corrected chi connectivity index (χ0v) is 16.2. The highest BCUT2D eigenvalue weighted by molar-refractivity contribution is 7.18. The molecule has 1 atom stereocenters. The number of hydrogen-bond donors (Lipinski definition) is 1. The monoisotopic (exact) mass is 386 g/mol. The first-order valence-electron chi connectivity index (χ1n) is 9.16. The van der Waals surface area contributed by atoms with Gasteiger partial charge >= 0.3 is 6.03 Å². The van der Waals surface area contributed by atoms with Gasteiger partial charge in [-0.15, -0.1) is 11.3 Å². The van der Waals surface area contributed by atoms with Crippen molar-refractivity contribution in [1.82, 2.24) is 20.1 Å². The maximum Gasteiger partial charge on any atom is 0.325 e. The van der Waals surface area contributed by atoms with E-state index in [0.717, 1.165) is 33.0 Å². The molecule has 1 aromatic heterocycles. The van der Waals surface area contributed by atoms with Gasteiger partial charge in [0.15, 0.2) is 0 Å². The number of nitrogens with zero attached hydrogens (tertiary/aromatic N) is 3. The molecular formula is C19H22N4O3S. The average molecular weight is 386 g/mol. The Morgan fingerprint density at radius 1 is 1.33 bits per heavy atom. The predicted molar refractivity (Wildman–Crippen MR) is 102 cm³/mol. The van der Waals surface area contributed by atoms with Gasteiger partial charge in [0.2, 0.25) is 5.91 Å². The normalized spacial score (nSPS) is 19.7. The third kappa shape index (κ3) is 2.97. The molecule has 1 aliphatic carbocycles. The Kier molecular flexibility index (Phi) is 4.38. The molecular weight excluding hydrogens is 364 g/mol. The fourth-order valence-electron chi connectivity index (χ4n) is 3.83. The number of imide groups is 1. The predicted octanol–water partition coefficient (Wildman–Crippen LogP) is 2.68. The largest absolute Gasteiger partial charge is 0.335 e. The summed E-state index contributed by atoms with van der Waals surface area (Å²) >= 11 is 1.55. The maximum atomic E-state index is 12.8. The minimum atomic E-state index is -0.783. The van der Waals surface area contributed by atoms with Crippen LogP contribution in [0.3, 0.4) is 0 Å². The molecule has 0 radical (unpaired) electrons. The third-order valence-electron chi connectivity index (χ3n) is 5.64. The number of rotatable bonds is 4. The highest BCUT2D eigenvalue weighted by atomic mass is 32.1. The topological polar surface area (TPSA) is 82.6 Å². The van der Waals surface area contributed by atoms with Gasteiger partial charge in [0, 0.05) is 7.05 Å². The Bertz CT molecular complexity index is 886. The zero-order valence-electron chi connectivity index (χ0n) is 15.4. The van der Waals surface area contributed by atoms with Gasteiger partial charge in [0.25, 0.3) is 5.91 Å². The number of thiazole rings is 1. The summed E-state index contributed by atoms with van der Waals surface area (Å²) in [5, 5.41) is 3.64. The van der Waals surface area contributed by atoms with Crippen molar-refractivity contribution in [3.05, 3.63) is 29.3 Å². The summed E-state index contributed by atoms with van der Waals surface area (Å²) in [6, 6.07) is 7.13. The quantitative estimate of drug-likeness (QED) is 0.819. The number of benzene rings is 1. The fourth-order valence-corrected chi connectivity index (χ4v) is 4.90. The van der Waals surface area contributed by atoms with E-state index in [0.29, 0.717) is 12.8 Å². The summed E-state index contributed by atoms with van der Waals surface area (Å²) in [7, 11) is 1.68. The lowest BCUT2D eigenvalue weighted by atomic mass is 9.98. The molecule has 0 unspecified atom stereocenters. The van der Waals surface area contributed by atoms with E-state index in [2.05, 4.69) is 10.3 Å². The van der Waals surface area contributed by atoms with E-state index >= 15 is 0 Å². The number of amides is 4. The lowest BCUT2D eigenvalue weighted by molar-refractivity contribution is -0.139. The molecule has 1 N–H and O–H groups in total. The summed E-state index contributed by atoms with van der Waals surface area (Å²) in [6.07, 6.45) is 3.14. The van der Waals surface area contributed by atoms with Crippen molar-refractivity contribution in [2.24, 2.45) is 0 Å². The Hall–Kier alpha value is -2.48. The number of carbonyl (C=O) groups excluding carboxylic acids is 3. The summed E-state index contributed by atoms with van der Waals surface area (Å²) in [5.41, 5.74) is 0.122. The third-order valence-corrected chi connectivity index (χ3v) is 6.85. The van der Waals surface area contributed by atoms with Gasteiger partial charge in [-0.3, -0.25) is 14.5 Å². The maximum absolute atomic E-state index is 12.8. The fraction of sp³-hybridized carbons (Fsp3) is 0.474. The molecule has 7 nitrogen and oxygen atoms in total. The van der Waals surface area contributed by atoms with Crippen LogP contribution in [0.25, 0.3) is 10.2 Å². The highest BCUT2D eigenvalue weighted by Gasteiger charge is 2.52. The molecule has 27 heavy (non-hydrogen) atoms. The lowest BCUT2D eigenvalue weighted by Crippen LogP contribution is -2.45. The van der Waals surface area contributed by atoms with Crippen molar-refractivity contribution in [3.8, 4) is 0 Å². The molecule has 142 valence electrons. The van der Waals surface area contributed by atoms with Crippen LogP contribution >= 0.6 is 11.3 Å². The van der Waals surface area contributed by atoms with E-state index < -0.39 is 11.6 Å². The van der Waals surface area contributed by atoms with E-state index in [1.165, 1.54) is 0 Å². The first-order valence-corrected chi connectivity index (χ1v) is 9.98. The number of hydrogen-bond acceptors (Lipinski definition) is 5. The summed E-state index contributed by atoms with van der Waals surface area (Å²) in [5.74, 6) is -0.542. The molecule has 2 heterocycles. The van der Waals surface area contributed by atoms with Gasteiger partial charge in [0.1, 0.15) is 17.1 Å². The van der Waals surface area contributed by atoms with Crippen LogP contribution in [0, 0.1) is 0 Å². The standard InChI is InChI=1S/C19H22N4O3S/c1-12(16-20-13-7-3-4-8-14(13)27-16)22(2)15(24)11-23-17(25)19(21-18(23)26)9-5-6-10-19/h3-4,7-8,12H,5-6,9-11H2,1-2H3,(H,21,26)/t12-/m0/s1. The first kappa shape index (κ1) is 17.9. The van der Waals surface area contributed by atoms with Crippen LogP contribution < -0.4 is 5.32 Å². The number of aromatic nitrogens is 1. The zero-order chi connectivity index (χ0) is 19.2. The van der Waals surface area contributed by atoms with E-state index in [4.69, 9.17) is 0 Å². The Labute approximate surface area is 161 Å². The second-order valence-corrected chi connectivity index (χ2v) is 8.37. The van der Waals surface area contributed by atoms with Gasteiger partial charge in [0.05, 0.1) is 16.3 Å². The summed E-state index contributed by atoms with van der Waals surface area (Å²) in [6.45, 7) is 1.66. The van der Waals surface area contributed by atoms with Crippen molar-refractivity contribution in [2.75, 3.05) is 13.6 Å².